The van der Waals surface area contributed by atoms with Crippen molar-refractivity contribution in [2.24, 2.45) is 5.41 Å². The molecule has 28 heavy (non-hydrogen) atoms. The smallest absolute Gasteiger partial charge is 0.219 e. The number of hydrogen-bond donors (Lipinski definition) is 2. The van der Waals surface area contributed by atoms with E-state index >= 15 is 0 Å². The maximum atomic E-state index is 13.2. The molecule has 1 atom stereocenters. The lowest BCUT2D eigenvalue weighted by molar-refractivity contribution is -0.118. The standard InChI is InChI=1S/C19H21BrN4O4/c1-19(2)7-11-15(12(25)8-19)16(22-18-17(21-11)23-28-24-18)9-5-13(26-3)14(27-4)6-10(9)20/h5-6,16H,7-8H2,1-4H3,(H,21,23)(H,22,24). The van der Waals surface area contributed by atoms with E-state index < -0.39 is 6.04 Å². The maximum Gasteiger partial charge on any atom is 0.219 e. The number of rotatable bonds is 3. The van der Waals surface area contributed by atoms with Crippen molar-refractivity contribution in [1.82, 2.24) is 10.3 Å². The van der Waals surface area contributed by atoms with Crippen molar-refractivity contribution in [1.29, 1.82) is 0 Å². The van der Waals surface area contributed by atoms with Gasteiger partial charge >= 0.3 is 0 Å². The van der Waals surface area contributed by atoms with E-state index in [-0.39, 0.29) is 11.2 Å². The number of allylic oxidation sites excluding steroid dienone is 1. The van der Waals surface area contributed by atoms with Gasteiger partial charge in [-0.1, -0.05) is 29.8 Å². The van der Waals surface area contributed by atoms with E-state index in [2.05, 4.69) is 50.7 Å². The Balaban J connectivity index is 1.91. The predicted molar refractivity (Wildman–Crippen MR) is 107 cm³/mol. The number of aromatic nitrogens is 2. The number of carbonyl (C=O) groups is 1. The highest BCUT2D eigenvalue weighted by Gasteiger charge is 2.40. The van der Waals surface area contributed by atoms with Gasteiger partial charge in [-0.05, 0) is 39.8 Å². The van der Waals surface area contributed by atoms with Gasteiger partial charge < -0.3 is 20.1 Å². The summed E-state index contributed by atoms with van der Waals surface area (Å²) in [7, 11) is 3.16. The summed E-state index contributed by atoms with van der Waals surface area (Å²) in [5.41, 5.74) is 2.18. The van der Waals surface area contributed by atoms with Gasteiger partial charge in [-0.15, -0.1) is 0 Å². The summed E-state index contributed by atoms with van der Waals surface area (Å²) in [4.78, 5) is 13.2. The number of methoxy groups -OCH3 is 2. The molecule has 2 N–H and O–H groups in total. The molecule has 0 radical (unpaired) electrons. The number of carbonyl (C=O) groups excluding carboxylic acids is 1. The highest BCUT2D eigenvalue weighted by molar-refractivity contribution is 9.10. The van der Waals surface area contributed by atoms with Crippen LogP contribution in [0.2, 0.25) is 0 Å². The molecule has 0 saturated carbocycles. The third-order valence-electron chi connectivity index (χ3n) is 5.06. The van der Waals surface area contributed by atoms with Crippen LogP contribution in [-0.4, -0.2) is 30.3 Å². The number of anilines is 2. The van der Waals surface area contributed by atoms with Crippen molar-refractivity contribution < 1.29 is 18.9 Å². The number of halogens is 1. The molecule has 2 heterocycles. The van der Waals surface area contributed by atoms with Crippen molar-refractivity contribution in [3.8, 4) is 11.5 Å². The number of nitrogens with one attached hydrogen (secondary N) is 2. The minimum absolute atomic E-state index is 0.0834. The average Bonchev–Trinajstić information content (AvgIpc) is 2.99. The van der Waals surface area contributed by atoms with Gasteiger partial charge in [0.05, 0.1) is 20.3 Å². The Kier molecular flexibility index (Phi) is 4.57. The van der Waals surface area contributed by atoms with Gasteiger partial charge in [-0.2, -0.15) is 0 Å². The first-order valence-electron chi connectivity index (χ1n) is 8.87. The molecule has 0 fully saturated rings. The van der Waals surface area contributed by atoms with Crippen molar-refractivity contribution >= 4 is 33.3 Å². The molecule has 0 amide bonds. The summed E-state index contributed by atoms with van der Waals surface area (Å²) >= 11 is 3.61. The van der Waals surface area contributed by atoms with Crippen LogP contribution in [0.1, 0.15) is 38.3 Å². The monoisotopic (exact) mass is 448 g/mol. The molecule has 2 aromatic rings. The van der Waals surface area contributed by atoms with Gasteiger partial charge in [0.25, 0.3) is 0 Å². The number of hydrogen-bond acceptors (Lipinski definition) is 8. The Morgan fingerprint density at radius 2 is 1.82 bits per heavy atom. The largest absolute Gasteiger partial charge is 0.493 e. The fourth-order valence-corrected chi connectivity index (χ4v) is 4.37. The molecule has 0 spiro atoms. The van der Waals surface area contributed by atoms with Crippen LogP contribution in [0.3, 0.4) is 0 Å². The Morgan fingerprint density at radius 1 is 1.14 bits per heavy atom. The third kappa shape index (κ3) is 3.13. The van der Waals surface area contributed by atoms with Crippen molar-refractivity contribution in [3.05, 3.63) is 33.4 Å². The van der Waals surface area contributed by atoms with Crippen LogP contribution in [0.5, 0.6) is 11.5 Å². The van der Waals surface area contributed by atoms with E-state index in [1.807, 2.05) is 12.1 Å². The minimum Gasteiger partial charge on any atom is -0.493 e. The zero-order chi connectivity index (χ0) is 20.1. The molecule has 1 aliphatic carbocycles. The molecule has 1 unspecified atom stereocenters. The zero-order valence-electron chi connectivity index (χ0n) is 16.1. The number of ketones is 1. The minimum atomic E-state index is -0.451. The summed E-state index contributed by atoms with van der Waals surface area (Å²) in [5.74, 6) is 2.17. The fourth-order valence-electron chi connectivity index (χ4n) is 3.82. The normalized spacial score (nSPS) is 20.5. The second-order valence-electron chi connectivity index (χ2n) is 7.73. The van der Waals surface area contributed by atoms with E-state index in [0.29, 0.717) is 41.5 Å². The third-order valence-corrected chi connectivity index (χ3v) is 5.75. The molecule has 9 heteroatoms. The first-order valence-corrected chi connectivity index (χ1v) is 9.66. The molecule has 4 rings (SSSR count). The van der Waals surface area contributed by atoms with Crippen LogP contribution in [0.25, 0.3) is 0 Å². The predicted octanol–water partition coefficient (Wildman–Crippen LogP) is 4.07. The Morgan fingerprint density at radius 3 is 2.54 bits per heavy atom. The van der Waals surface area contributed by atoms with Crippen molar-refractivity contribution in [2.75, 3.05) is 24.9 Å². The molecule has 1 aromatic heterocycles. The molecule has 0 bridgehead atoms. The van der Waals surface area contributed by atoms with Crippen LogP contribution in [0, 0.1) is 5.41 Å². The first kappa shape index (κ1) is 18.8. The number of ether oxygens (including phenoxy) is 2. The maximum absolute atomic E-state index is 13.2. The van der Waals surface area contributed by atoms with Crippen LogP contribution < -0.4 is 20.1 Å². The number of fused-ring (bicyclic) bond motifs is 1. The number of nitrogens with zero attached hydrogens (tertiary/aromatic N) is 2. The quantitative estimate of drug-likeness (QED) is 0.724. The summed E-state index contributed by atoms with van der Waals surface area (Å²) in [5, 5.41) is 14.4. The average molecular weight is 449 g/mol. The zero-order valence-corrected chi connectivity index (χ0v) is 17.6. The van der Waals surface area contributed by atoms with Gasteiger partial charge in [0.1, 0.15) is 0 Å². The molecular formula is C19H21BrN4O4. The van der Waals surface area contributed by atoms with E-state index in [0.717, 1.165) is 15.7 Å². The van der Waals surface area contributed by atoms with E-state index in [1.54, 1.807) is 14.2 Å². The topological polar surface area (TPSA) is 98.5 Å². The summed E-state index contributed by atoms with van der Waals surface area (Å²) in [6, 6.07) is 3.23. The summed E-state index contributed by atoms with van der Waals surface area (Å²) < 4.78 is 16.5. The number of Topliss-reactive ketones (excluding diaryl/α,β-unsaturated/α-hetero) is 1. The van der Waals surface area contributed by atoms with Crippen LogP contribution in [-0.2, 0) is 4.79 Å². The van der Waals surface area contributed by atoms with Crippen molar-refractivity contribution in [3.63, 3.8) is 0 Å². The number of benzene rings is 1. The lowest BCUT2D eigenvalue weighted by Gasteiger charge is -2.34. The van der Waals surface area contributed by atoms with Gasteiger partial charge in [0, 0.05) is 22.2 Å². The highest BCUT2D eigenvalue weighted by atomic mass is 79.9. The molecule has 8 nitrogen and oxygen atoms in total. The Bertz CT molecular complexity index is 982. The van der Waals surface area contributed by atoms with Crippen LogP contribution >= 0.6 is 15.9 Å². The Labute approximate surface area is 170 Å². The second-order valence-corrected chi connectivity index (χ2v) is 8.58. The molecule has 0 saturated heterocycles. The van der Waals surface area contributed by atoms with E-state index in [1.165, 1.54) is 0 Å². The molecule has 148 valence electrons. The lowest BCUT2D eigenvalue weighted by Crippen LogP contribution is -2.31. The lowest BCUT2D eigenvalue weighted by atomic mass is 9.73. The van der Waals surface area contributed by atoms with Crippen LogP contribution in [0.15, 0.2) is 32.5 Å². The van der Waals surface area contributed by atoms with E-state index in [9.17, 15) is 4.79 Å². The van der Waals surface area contributed by atoms with Gasteiger partial charge in [-0.25, -0.2) is 4.63 Å². The summed E-state index contributed by atoms with van der Waals surface area (Å²) in [6.45, 7) is 4.16. The molecule has 1 aliphatic heterocycles. The molecule has 2 aliphatic rings. The second kappa shape index (κ2) is 6.80. The molecule has 1 aromatic carbocycles. The summed E-state index contributed by atoms with van der Waals surface area (Å²) in [6.07, 6.45) is 1.18. The van der Waals surface area contributed by atoms with E-state index in [4.69, 9.17) is 14.1 Å². The van der Waals surface area contributed by atoms with Gasteiger partial charge in [0.2, 0.25) is 11.6 Å². The first-order chi connectivity index (χ1) is 13.3. The Hall–Kier alpha value is -2.55. The highest BCUT2D eigenvalue weighted by Crippen LogP contribution is 2.47. The molecular weight excluding hydrogens is 428 g/mol. The van der Waals surface area contributed by atoms with Crippen LogP contribution in [0.4, 0.5) is 11.6 Å². The van der Waals surface area contributed by atoms with Gasteiger partial charge in [-0.3, -0.25) is 4.79 Å². The van der Waals surface area contributed by atoms with Gasteiger partial charge in [0.15, 0.2) is 17.3 Å². The SMILES string of the molecule is COc1cc(Br)c(C2Nc3nonc3NC3=C2C(=O)CC(C)(C)C3)cc1OC. The van der Waals surface area contributed by atoms with Crippen molar-refractivity contribution in [2.45, 2.75) is 32.7 Å². The fraction of sp³-hybridized carbons (Fsp3) is 0.421.